The van der Waals surface area contributed by atoms with Crippen LogP contribution in [0.5, 0.6) is 0 Å². The van der Waals surface area contributed by atoms with E-state index in [9.17, 15) is 22.0 Å². The number of esters is 1. The maximum atomic E-state index is 13.2. The van der Waals surface area contributed by atoms with Crippen LogP contribution in [0, 0.1) is 0 Å². The fourth-order valence-corrected chi connectivity index (χ4v) is 5.05. The van der Waals surface area contributed by atoms with Crippen molar-refractivity contribution >= 4 is 27.8 Å². The molecule has 188 valence electrons. The average Bonchev–Trinajstić information content (AvgIpc) is 3.13. The Morgan fingerprint density at radius 1 is 1.14 bits per heavy atom. The number of carbonyl (C=O) groups is 1. The predicted octanol–water partition coefficient (Wildman–Crippen LogP) is 5.08. The SMILES string of the molecule is CCCCc1nc(SC(F)F)c(C(=O)OCC)n1Cc1ccc(-c2ccccc2S(N)(=O)=O)cc1. The fraction of sp³-hybridized carbons (Fsp3) is 0.333. The van der Waals surface area contributed by atoms with Crippen molar-refractivity contribution in [2.75, 3.05) is 6.61 Å². The van der Waals surface area contributed by atoms with Gasteiger partial charge in [0.15, 0.2) is 5.69 Å². The zero-order valence-electron chi connectivity index (χ0n) is 19.4. The normalized spacial score (nSPS) is 11.7. The number of benzene rings is 2. The standard InChI is InChI=1S/C24H27F2N3O4S2/c1-3-5-10-20-28-22(34-24(25)26)21(23(30)33-4-2)29(20)15-16-11-13-17(14-12-16)18-8-6-7-9-19(18)35(27,31)32/h6-9,11-14,24H,3-5,10,15H2,1-2H3,(H2,27,31,32). The maximum Gasteiger partial charge on any atom is 0.357 e. The lowest BCUT2D eigenvalue weighted by atomic mass is 10.0. The van der Waals surface area contributed by atoms with Crippen molar-refractivity contribution in [3.63, 3.8) is 0 Å². The molecular formula is C24H27F2N3O4S2. The molecule has 0 aliphatic carbocycles. The van der Waals surface area contributed by atoms with Gasteiger partial charge in [0.2, 0.25) is 10.0 Å². The van der Waals surface area contributed by atoms with E-state index < -0.39 is 21.8 Å². The number of halogens is 2. The molecule has 11 heteroatoms. The Kier molecular flexibility index (Phi) is 9.03. The highest BCUT2D eigenvalue weighted by atomic mass is 32.2. The Bertz CT molecular complexity index is 1280. The molecule has 0 saturated heterocycles. The van der Waals surface area contributed by atoms with Crippen LogP contribution in [0.2, 0.25) is 0 Å². The minimum absolute atomic E-state index is 0.00639. The molecule has 0 unspecified atom stereocenters. The Morgan fingerprint density at radius 3 is 2.43 bits per heavy atom. The van der Waals surface area contributed by atoms with Gasteiger partial charge in [-0.25, -0.2) is 23.3 Å². The summed E-state index contributed by atoms with van der Waals surface area (Å²) in [5, 5.41) is 5.30. The summed E-state index contributed by atoms with van der Waals surface area (Å²) >= 11 is 0.227. The smallest absolute Gasteiger partial charge is 0.357 e. The summed E-state index contributed by atoms with van der Waals surface area (Å²) in [7, 11) is -3.91. The van der Waals surface area contributed by atoms with E-state index in [0.29, 0.717) is 23.4 Å². The Balaban J connectivity index is 2.01. The molecule has 0 aliphatic rings. The van der Waals surface area contributed by atoms with Gasteiger partial charge in [0.25, 0.3) is 5.76 Å². The number of hydrogen-bond donors (Lipinski definition) is 1. The monoisotopic (exact) mass is 523 g/mol. The number of hydrogen-bond acceptors (Lipinski definition) is 6. The number of aryl methyl sites for hydroxylation is 1. The van der Waals surface area contributed by atoms with Gasteiger partial charge in [-0.1, -0.05) is 55.8 Å². The minimum Gasteiger partial charge on any atom is -0.461 e. The molecule has 0 bridgehead atoms. The highest BCUT2D eigenvalue weighted by Gasteiger charge is 2.27. The largest absolute Gasteiger partial charge is 0.461 e. The van der Waals surface area contributed by atoms with Crippen molar-refractivity contribution in [2.24, 2.45) is 5.14 Å². The Labute approximate surface area is 207 Å². The number of carbonyl (C=O) groups excluding carboxylic acids is 1. The molecule has 1 aromatic heterocycles. The van der Waals surface area contributed by atoms with Crippen LogP contribution < -0.4 is 5.14 Å². The fourth-order valence-electron chi connectivity index (χ4n) is 3.66. The van der Waals surface area contributed by atoms with Crippen LogP contribution in [-0.2, 0) is 27.7 Å². The number of nitrogens with two attached hydrogens (primary N) is 1. The zero-order chi connectivity index (χ0) is 25.6. The topological polar surface area (TPSA) is 104 Å². The summed E-state index contributed by atoms with van der Waals surface area (Å²) in [5.74, 6) is -2.91. The molecule has 0 atom stereocenters. The highest BCUT2D eigenvalue weighted by Crippen LogP contribution is 2.31. The summed E-state index contributed by atoms with van der Waals surface area (Å²) in [6, 6.07) is 13.5. The van der Waals surface area contributed by atoms with Crippen molar-refractivity contribution in [2.45, 2.75) is 55.3 Å². The first kappa shape index (κ1) is 26.8. The number of aromatic nitrogens is 2. The van der Waals surface area contributed by atoms with Crippen molar-refractivity contribution in [1.82, 2.24) is 9.55 Å². The van der Waals surface area contributed by atoms with E-state index in [0.717, 1.165) is 18.4 Å². The molecule has 0 amide bonds. The molecular weight excluding hydrogens is 496 g/mol. The first-order chi connectivity index (χ1) is 16.7. The molecule has 35 heavy (non-hydrogen) atoms. The van der Waals surface area contributed by atoms with Gasteiger partial charge < -0.3 is 9.30 Å². The van der Waals surface area contributed by atoms with E-state index in [2.05, 4.69) is 4.98 Å². The van der Waals surface area contributed by atoms with Crippen LogP contribution in [0.15, 0.2) is 58.5 Å². The molecule has 2 aromatic carbocycles. The number of rotatable bonds is 11. The second-order valence-corrected chi connectivity index (χ2v) is 10.2. The van der Waals surface area contributed by atoms with E-state index in [4.69, 9.17) is 9.88 Å². The number of primary sulfonamides is 1. The third kappa shape index (κ3) is 6.68. The molecule has 0 spiro atoms. The van der Waals surface area contributed by atoms with Gasteiger partial charge >= 0.3 is 5.97 Å². The first-order valence-electron chi connectivity index (χ1n) is 11.1. The average molecular weight is 524 g/mol. The number of sulfonamides is 1. The molecule has 0 radical (unpaired) electrons. The predicted molar refractivity (Wildman–Crippen MR) is 131 cm³/mol. The quantitative estimate of drug-likeness (QED) is 0.278. The lowest BCUT2D eigenvalue weighted by Gasteiger charge is -2.13. The third-order valence-electron chi connectivity index (χ3n) is 5.24. The molecule has 1 heterocycles. The van der Waals surface area contributed by atoms with Crippen LogP contribution in [0.3, 0.4) is 0 Å². The number of nitrogens with zero attached hydrogens (tertiary/aromatic N) is 2. The van der Waals surface area contributed by atoms with Crippen LogP contribution in [0.25, 0.3) is 11.1 Å². The lowest BCUT2D eigenvalue weighted by Crippen LogP contribution is -2.16. The lowest BCUT2D eigenvalue weighted by molar-refractivity contribution is 0.0509. The zero-order valence-corrected chi connectivity index (χ0v) is 21.0. The summed E-state index contributed by atoms with van der Waals surface area (Å²) in [5.41, 5.74) is 1.90. The summed E-state index contributed by atoms with van der Waals surface area (Å²) in [6.07, 6.45) is 2.17. The minimum atomic E-state index is -3.91. The molecule has 3 rings (SSSR count). The van der Waals surface area contributed by atoms with E-state index in [1.54, 1.807) is 54.0 Å². The summed E-state index contributed by atoms with van der Waals surface area (Å²) < 4.78 is 57.1. The van der Waals surface area contributed by atoms with E-state index in [-0.39, 0.29) is 40.5 Å². The van der Waals surface area contributed by atoms with E-state index >= 15 is 0 Å². The number of unbranched alkanes of at least 4 members (excludes halogenated alkanes) is 1. The van der Waals surface area contributed by atoms with Crippen molar-refractivity contribution in [3.05, 3.63) is 65.6 Å². The third-order valence-corrected chi connectivity index (χ3v) is 6.89. The number of thioether (sulfide) groups is 1. The van der Waals surface area contributed by atoms with Gasteiger partial charge in [0.1, 0.15) is 10.9 Å². The second kappa shape index (κ2) is 11.8. The van der Waals surface area contributed by atoms with Crippen LogP contribution in [0.1, 0.15) is 48.6 Å². The van der Waals surface area contributed by atoms with Crippen molar-refractivity contribution < 1.29 is 26.7 Å². The molecule has 3 aromatic rings. The molecule has 0 saturated carbocycles. The van der Waals surface area contributed by atoms with E-state index in [1.165, 1.54) is 6.07 Å². The van der Waals surface area contributed by atoms with Gasteiger partial charge in [-0.3, -0.25) is 0 Å². The molecule has 0 aliphatic heterocycles. The second-order valence-electron chi connectivity index (χ2n) is 7.71. The van der Waals surface area contributed by atoms with Gasteiger partial charge in [-0.05, 0) is 42.3 Å². The van der Waals surface area contributed by atoms with Crippen LogP contribution in [0.4, 0.5) is 8.78 Å². The van der Waals surface area contributed by atoms with Crippen molar-refractivity contribution in [3.8, 4) is 11.1 Å². The number of ether oxygens (including phenoxy) is 1. The molecule has 2 N–H and O–H groups in total. The Morgan fingerprint density at radius 2 is 1.83 bits per heavy atom. The van der Waals surface area contributed by atoms with Crippen LogP contribution >= 0.6 is 11.8 Å². The van der Waals surface area contributed by atoms with E-state index in [1.807, 2.05) is 6.92 Å². The van der Waals surface area contributed by atoms with Gasteiger partial charge in [-0.2, -0.15) is 8.78 Å². The molecule has 7 nitrogen and oxygen atoms in total. The summed E-state index contributed by atoms with van der Waals surface area (Å²) in [6.45, 7) is 3.97. The van der Waals surface area contributed by atoms with Gasteiger partial charge in [0.05, 0.1) is 11.5 Å². The van der Waals surface area contributed by atoms with Gasteiger partial charge in [0, 0.05) is 18.5 Å². The van der Waals surface area contributed by atoms with Crippen molar-refractivity contribution in [1.29, 1.82) is 0 Å². The molecule has 0 fully saturated rings. The number of imidazole rings is 1. The highest BCUT2D eigenvalue weighted by molar-refractivity contribution is 7.99. The summed E-state index contributed by atoms with van der Waals surface area (Å²) in [4.78, 5) is 17.1. The Hall–Kier alpha value is -2.76. The number of alkyl halides is 2. The first-order valence-corrected chi connectivity index (χ1v) is 13.5. The van der Waals surface area contributed by atoms with Crippen LogP contribution in [-0.4, -0.2) is 36.3 Å². The maximum absolute atomic E-state index is 13.2. The van der Waals surface area contributed by atoms with Gasteiger partial charge in [-0.15, -0.1) is 0 Å².